The zero-order valence-electron chi connectivity index (χ0n) is 43.9. The van der Waals surface area contributed by atoms with Gasteiger partial charge in [0.2, 0.25) is 5.91 Å². The van der Waals surface area contributed by atoms with Crippen LogP contribution in [0.25, 0.3) is 0 Å². The molecule has 15 N–H and O–H groups in total. The zero-order chi connectivity index (χ0) is 53.5. The second-order valence-electron chi connectivity index (χ2n) is 25.3. The third-order valence-electron chi connectivity index (χ3n) is 22.0. The lowest BCUT2D eigenvalue weighted by Gasteiger charge is -2.74. The first kappa shape index (κ1) is 55.4. The number of fused-ring (bicyclic) bond motifs is 7. The number of ether oxygens (including phenoxy) is 2. The highest BCUT2D eigenvalue weighted by Gasteiger charge is 2.75. The van der Waals surface area contributed by atoms with Gasteiger partial charge in [-0.05, 0) is 128 Å². The summed E-state index contributed by atoms with van der Waals surface area (Å²) in [5.74, 6) is -5.61. The van der Waals surface area contributed by atoms with E-state index in [1.165, 1.54) is 0 Å². The average molecular weight is 1040 g/mol. The molecular weight excluding hydrogens is 955 g/mol. The van der Waals surface area contributed by atoms with Crippen molar-refractivity contribution in [2.75, 3.05) is 40.0 Å². The quantitative estimate of drug-likeness (QED) is 0.0600. The highest BCUT2D eigenvalue weighted by Crippen LogP contribution is 2.78. The summed E-state index contributed by atoms with van der Waals surface area (Å²) in [7, 11) is 1.77. The maximum atomic E-state index is 14.3. The number of imidazole rings is 2. The fourth-order valence-electron chi connectivity index (χ4n) is 17.7. The van der Waals surface area contributed by atoms with Crippen molar-refractivity contribution in [3.8, 4) is 0 Å². The van der Waals surface area contributed by atoms with Gasteiger partial charge in [-0.2, -0.15) is 0 Å². The number of aromatic nitrogens is 4. The number of aromatic amines is 2. The number of H-pyrrole nitrogens is 2. The predicted molar refractivity (Wildman–Crippen MR) is 268 cm³/mol. The van der Waals surface area contributed by atoms with Crippen LogP contribution < -0.4 is 16.4 Å². The SMILES string of the molecule is CNC[C@H](C[C@@H](c1cnc[nH]1)[C@@H]1NC(=O)[C@H](CO)[C@H]1C[C@@H]1[C@@H](O)[C@@H](O[C@@H]2OC[C@@H](O)[C@H](O)[C@H]2O)[C@@](C)(CO)[C@H]2CC[C@]3(C)[C@H](CC=C4[C@@H]5C[C@@](C)(CO)CC[C@]5(C(=O)O)C[C@@H](Cc5cnc[nH]5)[C@]43C)[C@@]12C)[C@@H](N)O. The number of nitrogens with two attached hydrogens (primary N) is 1. The third kappa shape index (κ3) is 8.55. The van der Waals surface area contributed by atoms with Crippen molar-refractivity contribution in [1.82, 2.24) is 30.6 Å². The summed E-state index contributed by atoms with van der Waals surface area (Å²) >= 11 is 0. The second-order valence-corrected chi connectivity index (χ2v) is 25.3. The number of aliphatic hydroxyl groups excluding tert-OH is 8. The van der Waals surface area contributed by atoms with E-state index in [9.17, 15) is 55.5 Å². The van der Waals surface area contributed by atoms with E-state index in [1.54, 1.807) is 32.1 Å². The number of nitrogens with one attached hydrogen (secondary N) is 4. The summed E-state index contributed by atoms with van der Waals surface area (Å²) in [5, 5.41) is 109. The minimum atomic E-state index is -1.70. The standard InChI is InChI=1S/C54H85N7O13/c1-49(23-63)11-12-54(48(71)72)16-28(14-29-19-57-25-59-29)53(5)33(35(54)17-49)7-8-39-51(53,3)10-9-38-50(2,24-64)44(74-47-43(68)42(67)37(65)22-73-47)41(66)34(52(38,39)4)15-30-32(21-62)46(70)61-40(30)31(36-20-58-26-60-36)13-27(18-56-6)45(55)69/h7,19-20,25-28,30-32,34-35,37-45,47,56,62-69H,8-18,21-24,55H2,1-6H3,(H,57,59)(H,58,60)(H,61,70)(H,71,72)/t27-,28+,30+,31-,32+,34+,35-,37+,38+,39-,40+,41+,42-,43+,44+,45-,47-,49-,50-,51+,52-,53+,54-/m0/s1. The molecule has 0 radical (unpaired) electrons. The van der Waals surface area contributed by atoms with Crippen LogP contribution in [-0.4, -0.2) is 167 Å². The number of carbonyl (C=O) groups is 2. The fourth-order valence-corrected chi connectivity index (χ4v) is 17.7. The van der Waals surface area contributed by atoms with E-state index in [-0.39, 0.29) is 43.3 Å². The van der Waals surface area contributed by atoms with E-state index in [0.29, 0.717) is 70.0 Å². The summed E-state index contributed by atoms with van der Waals surface area (Å²) in [6, 6.07) is -0.656. The number of nitrogens with zero attached hydrogens (tertiary/aromatic N) is 2. The normalized spacial score (nSPS) is 46.3. The molecule has 2 aromatic heterocycles. The number of amides is 1. The van der Waals surface area contributed by atoms with E-state index in [4.69, 9.17) is 15.2 Å². The predicted octanol–water partition coefficient (Wildman–Crippen LogP) is 1.15. The first-order chi connectivity index (χ1) is 35.0. The summed E-state index contributed by atoms with van der Waals surface area (Å²) in [6.45, 7) is 9.82. The Morgan fingerprint density at radius 3 is 2.31 bits per heavy atom. The van der Waals surface area contributed by atoms with Crippen LogP contribution in [0.1, 0.15) is 110 Å². The Morgan fingerprint density at radius 1 is 0.959 bits per heavy atom. The molecule has 0 aromatic carbocycles. The van der Waals surface area contributed by atoms with E-state index in [0.717, 1.165) is 11.3 Å². The molecule has 9 rings (SSSR count). The van der Waals surface area contributed by atoms with Gasteiger partial charge in [0, 0.05) is 60.2 Å². The Bertz CT molecular complexity index is 2330. The third-order valence-corrected chi connectivity index (χ3v) is 22.0. The smallest absolute Gasteiger partial charge is 0.310 e. The van der Waals surface area contributed by atoms with Gasteiger partial charge in [-0.15, -0.1) is 0 Å². The van der Waals surface area contributed by atoms with Crippen LogP contribution >= 0.6 is 0 Å². The number of rotatable bonds is 17. The van der Waals surface area contributed by atoms with Gasteiger partial charge < -0.3 is 81.8 Å². The molecule has 1 amide bonds. The molecule has 2 aliphatic heterocycles. The second kappa shape index (κ2) is 20.4. The lowest BCUT2D eigenvalue weighted by molar-refractivity contribution is -0.341. The molecule has 20 nitrogen and oxygen atoms in total. The molecule has 2 aromatic rings. The summed E-state index contributed by atoms with van der Waals surface area (Å²) < 4.78 is 12.6. The van der Waals surface area contributed by atoms with Gasteiger partial charge in [0.1, 0.15) is 24.5 Å². The molecule has 4 heterocycles. The van der Waals surface area contributed by atoms with Gasteiger partial charge in [-0.1, -0.05) is 46.3 Å². The van der Waals surface area contributed by atoms with Crippen LogP contribution in [0.3, 0.4) is 0 Å². The molecule has 20 heteroatoms. The lowest BCUT2D eigenvalue weighted by Crippen LogP contribution is -2.73. The van der Waals surface area contributed by atoms with Crippen LogP contribution in [0.2, 0.25) is 0 Å². The number of carbonyl (C=O) groups excluding carboxylic acids is 1. The van der Waals surface area contributed by atoms with Gasteiger partial charge in [0.05, 0.1) is 56.0 Å². The van der Waals surface area contributed by atoms with E-state index in [1.807, 2.05) is 6.92 Å². The van der Waals surface area contributed by atoms with Gasteiger partial charge in [-0.3, -0.25) is 9.59 Å². The van der Waals surface area contributed by atoms with Crippen molar-refractivity contribution in [1.29, 1.82) is 0 Å². The molecule has 0 bridgehead atoms. The minimum Gasteiger partial charge on any atom is -0.481 e. The van der Waals surface area contributed by atoms with Crippen molar-refractivity contribution < 1.29 is 65.0 Å². The molecular formula is C54H85N7O13. The molecule has 74 heavy (non-hydrogen) atoms. The van der Waals surface area contributed by atoms with Crippen molar-refractivity contribution in [3.05, 3.63) is 48.1 Å². The summed E-state index contributed by atoms with van der Waals surface area (Å²) in [6.07, 6.45) is 3.59. The monoisotopic (exact) mass is 1040 g/mol. The van der Waals surface area contributed by atoms with E-state index < -0.39 is 136 Å². The molecule has 414 valence electrons. The number of carboxylic acid groups (broad SMARTS) is 1. The lowest BCUT2D eigenvalue weighted by atomic mass is 9.30. The zero-order valence-corrected chi connectivity index (χ0v) is 43.9. The Balaban J connectivity index is 1.21. The van der Waals surface area contributed by atoms with Crippen LogP contribution in [0, 0.1) is 79.8 Å². The Kier molecular flexibility index (Phi) is 15.3. The minimum absolute atomic E-state index is 0.0655. The topological polar surface area (TPSA) is 342 Å². The Morgan fingerprint density at radius 2 is 1.69 bits per heavy atom. The fraction of sp³-hybridized carbons (Fsp3) is 0.815. The van der Waals surface area contributed by atoms with Crippen molar-refractivity contribution in [3.63, 3.8) is 0 Å². The molecule has 2 saturated heterocycles. The molecule has 7 aliphatic rings. The Hall–Kier alpha value is -3.38. The molecule has 0 spiro atoms. The molecule has 0 unspecified atom stereocenters. The van der Waals surface area contributed by atoms with Crippen molar-refractivity contribution in [2.45, 2.75) is 154 Å². The van der Waals surface area contributed by atoms with Gasteiger partial charge >= 0.3 is 5.97 Å². The van der Waals surface area contributed by atoms with Crippen molar-refractivity contribution >= 4 is 11.9 Å². The van der Waals surface area contributed by atoms with E-state index in [2.05, 4.69) is 64.3 Å². The highest BCUT2D eigenvalue weighted by atomic mass is 16.7. The van der Waals surface area contributed by atoms with Crippen LogP contribution in [0.5, 0.6) is 0 Å². The van der Waals surface area contributed by atoms with Crippen LogP contribution in [0.15, 0.2) is 36.7 Å². The molecule has 6 fully saturated rings. The molecule has 23 atom stereocenters. The summed E-state index contributed by atoms with van der Waals surface area (Å²) in [4.78, 5) is 43.6. The van der Waals surface area contributed by atoms with Gasteiger partial charge in [0.25, 0.3) is 0 Å². The van der Waals surface area contributed by atoms with Gasteiger partial charge in [-0.25, -0.2) is 9.97 Å². The number of aliphatic hydroxyl groups is 8. The number of aliphatic carboxylic acids is 1. The van der Waals surface area contributed by atoms with E-state index >= 15 is 0 Å². The highest BCUT2D eigenvalue weighted by molar-refractivity contribution is 5.82. The molecule has 4 saturated carbocycles. The largest absolute Gasteiger partial charge is 0.481 e. The number of hydrogen-bond acceptors (Lipinski definition) is 16. The maximum Gasteiger partial charge on any atom is 0.310 e. The number of carboxylic acids is 1. The van der Waals surface area contributed by atoms with Crippen LogP contribution in [0.4, 0.5) is 0 Å². The first-order valence-corrected chi connectivity index (χ1v) is 27.1. The number of hydrogen-bond donors (Lipinski definition) is 14. The maximum absolute atomic E-state index is 14.3. The van der Waals surface area contributed by atoms with Crippen LogP contribution in [-0.2, 0) is 25.5 Å². The number of allylic oxidation sites excluding steroid dienone is 2. The first-order valence-electron chi connectivity index (χ1n) is 27.1. The summed E-state index contributed by atoms with van der Waals surface area (Å²) in [5.41, 5.74) is 4.02. The van der Waals surface area contributed by atoms with Gasteiger partial charge in [0.15, 0.2) is 6.29 Å². The Labute approximate surface area is 433 Å². The molecule has 5 aliphatic carbocycles. The van der Waals surface area contributed by atoms with Crippen molar-refractivity contribution in [2.24, 2.45) is 85.6 Å². The average Bonchev–Trinajstić information content (AvgIpc) is 4.16.